The summed E-state index contributed by atoms with van der Waals surface area (Å²) in [7, 11) is 0. The molecule has 2 nitrogen and oxygen atoms in total. The van der Waals surface area contributed by atoms with Gasteiger partial charge in [0.1, 0.15) is 0 Å². The lowest BCUT2D eigenvalue weighted by atomic mass is 10.0. The Hall–Kier alpha value is -2.45. The largest absolute Gasteiger partial charge is 0.396 e. The monoisotopic (exact) mass is 301 g/mol. The molecule has 0 spiro atoms. The van der Waals surface area contributed by atoms with E-state index in [1.54, 1.807) is 0 Å². The molecule has 0 aliphatic heterocycles. The van der Waals surface area contributed by atoms with Crippen molar-refractivity contribution in [3.63, 3.8) is 0 Å². The fourth-order valence-electron chi connectivity index (χ4n) is 3.17. The highest BCUT2D eigenvalue weighted by Crippen LogP contribution is 2.25. The van der Waals surface area contributed by atoms with Crippen LogP contribution in [0.1, 0.15) is 18.4 Å². The minimum atomic E-state index is 0.271. The second-order valence-corrected chi connectivity index (χ2v) is 6.09. The summed E-state index contributed by atoms with van der Waals surface area (Å²) in [4.78, 5) is 4.83. The maximum Gasteiger partial charge on any atom is 0.0716 e. The first-order chi connectivity index (χ1) is 11.3. The molecule has 0 radical (unpaired) electrons. The Morgan fingerprint density at radius 1 is 0.696 bits per heavy atom. The van der Waals surface area contributed by atoms with Gasteiger partial charge in [-0.25, -0.2) is 4.98 Å². The lowest BCUT2D eigenvalue weighted by Gasteiger charge is -2.06. The Morgan fingerprint density at radius 3 is 2.26 bits per heavy atom. The summed E-state index contributed by atoms with van der Waals surface area (Å²) in [6.07, 6.45) is 2.89. The number of hydrogen-bond acceptors (Lipinski definition) is 2. The number of aryl methyl sites for hydroxylation is 1. The molecule has 4 aromatic rings. The van der Waals surface area contributed by atoms with E-state index < -0.39 is 0 Å². The first kappa shape index (κ1) is 14.2. The summed E-state index contributed by atoms with van der Waals surface area (Å²) in [5.41, 5.74) is 3.40. The molecule has 0 amide bonds. The predicted octanol–water partition coefficient (Wildman–Crippen LogP) is 4.86. The van der Waals surface area contributed by atoms with Crippen molar-refractivity contribution in [1.82, 2.24) is 4.98 Å². The summed E-state index contributed by atoms with van der Waals surface area (Å²) in [5.74, 6) is 0. The molecule has 0 unspecified atom stereocenters. The highest BCUT2D eigenvalue weighted by atomic mass is 16.2. The molecule has 0 saturated carbocycles. The van der Waals surface area contributed by atoms with Gasteiger partial charge < -0.3 is 5.11 Å². The number of benzene rings is 3. The van der Waals surface area contributed by atoms with Crippen LogP contribution >= 0.6 is 0 Å². The van der Waals surface area contributed by atoms with Crippen LogP contribution in [0.25, 0.3) is 32.6 Å². The van der Waals surface area contributed by atoms with Gasteiger partial charge in [0.05, 0.1) is 11.0 Å². The number of aliphatic hydroxyl groups is 1. The highest BCUT2D eigenvalue weighted by molar-refractivity contribution is 6.01. The third kappa shape index (κ3) is 2.78. The van der Waals surface area contributed by atoms with Gasteiger partial charge in [0.25, 0.3) is 0 Å². The Morgan fingerprint density at radius 2 is 1.43 bits per heavy atom. The van der Waals surface area contributed by atoms with Crippen molar-refractivity contribution in [2.75, 3.05) is 6.61 Å². The SMILES string of the molecule is OCCCCc1ccc2nc3cc4ccccc4cc3cc2c1. The normalized spacial score (nSPS) is 11.5. The summed E-state index contributed by atoms with van der Waals surface area (Å²) in [6.45, 7) is 0.271. The lowest BCUT2D eigenvalue weighted by Crippen LogP contribution is -1.90. The number of unbranched alkanes of at least 4 members (excludes halogenated alkanes) is 1. The third-order valence-corrected chi connectivity index (χ3v) is 4.41. The molecule has 2 heteroatoms. The minimum absolute atomic E-state index is 0.271. The number of aliphatic hydroxyl groups excluding tert-OH is 1. The molecule has 114 valence electrons. The first-order valence-electron chi connectivity index (χ1n) is 8.16. The average molecular weight is 301 g/mol. The zero-order valence-electron chi connectivity index (χ0n) is 13.0. The van der Waals surface area contributed by atoms with E-state index in [0.717, 1.165) is 30.3 Å². The summed E-state index contributed by atoms with van der Waals surface area (Å²) in [6, 6.07) is 21.5. The zero-order chi connectivity index (χ0) is 15.6. The van der Waals surface area contributed by atoms with Crippen molar-refractivity contribution < 1.29 is 5.11 Å². The van der Waals surface area contributed by atoms with Gasteiger partial charge in [0.2, 0.25) is 0 Å². The van der Waals surface area contributed by atoms with E-state index in [2.05, 4.69) is 60.7 Å². The van der Waals surface area contributed by atoms with E-state index in [1.165, 1.54) is 27.1 Å². The molecule has 1 heterocycles. The number of aromatic nitrogens is 1. The van der Waals surface area contributed by atoms with E-state index in [4.69, 9.17) is 10.1 Å². The quantitative estimate of drug-likeness (QED) is 0.431. The van der Waals surface area contributed by atoms with Crippen LogP contribution in [-0.4, -0.2) is 16.7 Å². The fraction of sp³-hybridized carbons (Fsp3) is 0.190. The number of rotatable bonds is 4. The second kappa shape index (κ2) is 5.98. The van der Waals surface area contributed by atoms with Crippen LogP contribution in [-0.2, 0) is 6.42 Å². The standard InChI is InChI=1S/C21H19NO/c23-10-4-3-5-15-8-9-20-18(11-15)13-19-12-16-6-1-2-7-17(16)14-21(19)22-20/h1-2,6-9,11-14,23H,3-5,10H2. The van der Waals surface area contributed by atoms with Crippen molar-refractivity contribution in [2.24, 2.45) is 0 Å². The van der Waals surface area contributed by atoms with Gasteiger partial charge in [-0.05, 0) is 65.9 Å². The van der Waals surface area contributed by atoms with Crippen molar-refractivity contribution in [1.29, 1.82) is 0 Å². The molecular weight excluding hydrogens is 282 g/mol. The molecule has 0 bridgehead atoms. The molecule has 3 aromatic carbocycles. The molecule has 0 saturated heterocycles. The first-order valence-corrected chi connectivity index (χ1v) is 8.16. The number of fused-ring (bicyclic) bond motifs is 3. The topological polar surface area (TPSA) is 33.1 Å². The molecule has 23 heavy (non-hydrogen) atoms. The summed E-state index contributed by atoms with van der Waals surface area (Å²) in [5, 5.41) is 13.8. The van der Waals surface area contributed by atoms with Crippen LogP contribution in [0.4, 0.5) is 0 Å². The Balaban J connectivity index is 1.82. The van der Waals surface area contributed by atoms with Crippen molar-refractivity contribution >= 4 is 32.6 Å². The van der Waals surface area contributed by atoms with Gasteiger partial charge in [-0.1, -0.05) is 30.3 Å². The summed E-state index contributed by atoms with van der Waals surface area (Å²) < 4.78 is 0. The fourth-order valence-corrected chi connectivity index (χ4v) is 3.17. The molecule has 0 aliphatic rings. The van der Waals surface area contributed by atoms with Crippen LogP contribution in [0.15, 0.2) is 60.7 Å². The highest BCUT2D eigenvalue weighted by Gasteiger charge is 2.03. The molecule has 4 rings (SSSR count). The maximum atomic E-state index is 8.91. The number of hydrogen-bond donors (Lipinski definition) is 1. The lowest BCUT2D eigenvalue weighted by molar-refractivity contribution is 0.284. The van der Waals surface area contributed by atoms with Crippen molar-refractivity contribution in [3.8, 4) is 0 Å². The second-order valence-electron chi connectivity index (χ2n) is 6.09. The van der Waals surface area contributed by atoms with Crippen molar-refractivity contribution in [3.05, 3.63) is 66.2 Å². The smallest absolute Gasteiger partial charge is 0.0716 e. The molecule has 0 atom stereocenters. The molecular formula is C21H19NO. The Kier molecular flexibility index (Phi) is 3.68. The van der Waals surface area contributed by atoms with E-state index in [1.807, 2.05) is 0 Å². The minimum Gasteiger partial charge on any atom is -0.396 e. The van der Waals surface area contributed by atoms with Gasteiger partial charge in [-0.2, -0.15) is 0 Å². The van der Waals surface area contributed by atoms with E-state index in [-0.39, 0.29) is 6.61 Å². The predicted molar refractivity (Wildman–Crippen MR) is 96.8 cm³/mol. The summed E-state index contributed by atoms with van der Waals surface area (Å²) >= 11 is 0. The Labute approximate surface area is 135 Å². The van der Waals surface area contributed by atoms with Crippen LogP contribution in [0, 0.1) is 0 Å². The van der Waals surface area contributed by atoms with Crippen LogP contribution < -0.4 is 0 Å². The maximum absolute atomic E-state index is 8.91. The molecule has 0 aliphatic carbocycles. The van der Waals surface area contributed by atoms with Crippen LogP contribution in [0.5, 0.6) is 0 Å². The van der Waals surface area contributed by atoms with Crippen LogP contribution in [0.3, 0.4) is 0 Å². The van der Waals surface area contributed by atoms with Gasteiger partial charge in [-0.15, -0.1) is 0 Å². The number of nitrogens with zero attached hydrogens (tertiary/aromatic N) is 1. The van der Waals surface area contributed by atoms with Gasteiger partial charge in [0.15, 0.2) is 0 Å². The molecule has 1 N–H and O–H groups in total. The Bertz CT molecular complexity index is 991. The van der Waals surface area contributed by atoms with E-state index in [9.17, 15) is 0 Å². The van der Waals surface area contributed by atoms with E-state index >= 15 is 0 Å². The molecule has 1 aromatic heterocycles. The van der Waals surface area contributed by atoms with Gasteiger partial charge in [0, 0.05) is 17.4 Å². The van der Waals surface area contributed by atoms with Gasteiger partial charge in [-0.3, -0.25) is 0 Å². The van der Waals surface area contributed by atoms with Gasteiger partial charge >= 0.3 is 0 Å². The van der Waals surface area contributed by atoms with E-state index in [0.29, 0.717) is 0 Å². The van der Waals surface area contributed by atoms with Crippen molar-refractivity contribution in [2.45, 2.75) is 19.3 Å². The zero-order valence-corrected chi connectivity index (χ0v) is 13.0. The third-order valence-electron chi connectivity index (χ3n) is 4.41. The average Bonchev–Trinajstić information content (AvgIpc) is 2.58. The molecule has 0 fully saturated rings. The number of pyridine rings is 1. The van der Waals surface area contributed by atoms with Crippen LogP contribution in [0.2, 0.25) is 0 Å².